The highest BCUT2D eigenvalue weighted by atomic mass is 32.2. The Balaban J connectivity index is 1.66. The molecule has 1 unspecified atom stereocenters. The molecule has 2 aliphatic heterocycles. The Bertz CT molecular complexity index is 805. The second kappa shape index (κ2) is 7.88. The number of rotatable bonds is 4. The summed E-state index contributed by atoms with van der Waals surface area (Å²) in [6.45, 7) is 5.35. The van der Waals surface area contributed by atoms with E-state index in [1.54, 1.807) is 29.2 Å². The molecule has 2 fully saturated rings. The third-order valence-electron chi connectivity index (χ3n) is 5.08. The second-order valence-electron chi connectivity index (χ2n) is 7.54. The molecule has 1 aromatic rings. The van der Waals surface area contributed by atoms with Crippen LogP contribution in [0.1, 0.15) is 43.5 Å². The number of amides is 2. The van der Waals surface area contributed by atoms with Crippen molar-refractivity contribution >= 4 is 27.5 Å². The van der Waals surface area contributed by atoms with E-state index in [9.17, 15) is 18.0 Å². The second-order valence-corrected chi connectivity index (χ2v) is 9.56. The van der Waals surface area contributed by atoms with Gasteiger partial charge in [-0.15, -0.1) is 0 Å². The Morgan fingerprint density at radius 2 is 1.81 bits per heavy atom. The van der Waals surface area contributed by atoms with Crippen molar-refractivity contribution in [3.8, 4) is 0 Å². The molecule has 148 valence electrons. The van der Waals surface area contributed by atoms with Crippen molar-refractivity contribution in [2.24, 2.45) is 5.92 Å². The zero-order chi connectivity index (χ0) is 19.6. The lowest BCUT2D eigenvalue weighted by Gasteiger charge is -2.33. The fourth-order valence-electron chi connectivity index (χ4n) is 3.53. The summed E-state index contributed by atoms with van der Waals surface area (Å²) in [5, 5.41) is 3.00. The van der Waals surface area contributed by atoms with E-state index in [4.69, 9.17) is 0 Å². The standard InChI is InChI=1S/C19H27N3O4S/c1-14(2)18(23)20-16-5-3-10-21(13-16)19(24)15-6-8-17(9-7-15)22-11-4-12-27(22,25)26/h6-9,14,16H,3-5,10-13H2,1-2H3,(H,20,23). The summed E-state index contributed by atoms with van der Waals surface area (Å²) in [5.74, 6) is 0.00980. The maximum absolute atomic E-state index is 12.8. The Kier molecular flexibility index (Phi) is 5.74. The molecular weight excluding hydrogens is 366 g/mol. The third kappa shape index (κ3) is 4.43. The van der Waals surface area contributed by atoms with Crippen LogP contribution < -0.4 is 9.62 Å². The molecule has 0 spiro atoms. The van der Waals surface area contributed by atoms with Gasteiger partial charge in [0.25, 0.3) is 5.91 Å². The number of hydrogen-bond donors (Lipinski definition) is 1. The molecule has 2 amide bonds. The molecule has 0 saturated carbocycles. The van der Waals surface area contributed by atoms with E-state index in [2.05, 4.69) is 5.32 Å². The van der Waals surface area contributed by atoms with Crippen LogP contribution in [0.5, 0.6) is 0 Å². The zero-order valence-corrected chi connectivity index (χ0v) is 16.7. The fraction of sp³-hybridized carbons (Fsp3) is 0.579. The molecule has 2 saturated heterocycles. The van der Waals surface area contributed by atoms with E-state index in [1.165, 1.54) is 4.31 Å². The number of anilines is 1. The van der Waals surface area contributed by atoms with Crippen molar-refractivity contribution in [2.75, 3.05) is 29.7 Å². The number of nitrogens with one attached hydrogen (secondary N) is 1. The lowest BCUT2D eigenvalue weighted by atomic mass is 10.0. The molecule has 8 heteroatoms. The molecule has 0 aromatic heterocycles. The molecule has 3 rings (SSSR count). The van der Waals surface area contributed by atoms with Crippen LogP contribution >= 0.6 is 0 Å². The number of likely N-dealkylation sites (tertiary alicyclic amines) is 1. The van der Waals surface area contributed by atoms with Crippen LogP contribution in [0.3, 0.4) is 0 Å². The Morgan fingerprint density at radius 3 is 2.41 bits per heavy atom. The molecule has 2 aliphatic rings. The van der Waals surface area contributed by atoms with Crippen LogP contribution in [0, 0.1) is 5.92 Å². The molecule has 2 heterocycles. The highest BCUT2D eigenvalue weighted by molar-refractivity contribution is 7.93. The number of sulfonamides is 1. The van der Waals surface area contributed by atoms with Crippen LogP contribution in [0.15, 0.2) is 24.3 Å². The van der Waals surface area contributed by atoms with Gasteiger partial charge in [-0.3, -0.25) is 13.9 Å². The number of carbonyl (C=O) groups is 2. The van der Waals surface area contributed by atoms with Crippen molar-refractivity contribution in [1.29, 1.82) is 0 Å². The summed E-state index contributed by atoms with van der Waals surface area (Å²) < 4.78 is 25.4. The van der Waals surface area contributed by atoms with Gasteiger partial charge < -0.3 is 10.2 Å². The number of hydrogen-bond acceptors (Lipinski definition) is 4. The van der Waals surface area contributed by atoms with Gasteiger partial charge in [-0.2, -0.15) is 0 Å². The number of carbonyl (C=O) groups excluding carboxylic acids is 2. The van der Waals surface area contributed by atoms with E-state index in [-0.39, 0.29) is 29.5 Å². The summed E-state index contributed by atoms with van der Waals surface area (Å²) in [5.41, 5.74) is 1.14. The van der Waals surface area contributed by atoms with Crippen molar-refractivity contribution in [2.45, 2.75) is 39.2 Å². The molecule has 0 bridgehead atoms. The first-order chi connectivity index (χ1) is 12.8. The van der Waals surface area contributed by atoms with Crippen LogP contribution in [0.2, 0.25) is 0 Å². The van der Waals surface area contributed by atoms with Gasteiger partial charge in [0, 0.05) is 37.2 Å². The van der Waals surface area contributed by atoms with Crippen molar-refractivity contribution in [3.63, 3.8) is 0 Å². The average molecular weight is 394 g/mol. The van der Waals surface area contributed by atoms with E-state index in [0.717, 1.165) is 12.8 Å². The Morgan fingerprint density at radius 1 is 1.11 bits per heavy atom. The number of benzene rings is 1. The Labute approximate surface area is 160 Å². The van der Waals surface area contributed by atoms with Gasteiger partial charge in [0.2, 0.25) is 15.9 Å². The third-order valence-corrected chi connectivity index (χ3v) is 6.95. The van der Waals surface area contributed by atoms with Crippen molar-refractivity contribution in [3.05, 3.63) is 29.8 Å². The largest absolute Gasteiger partial charge is 0.351 e. The van der Waals surface area contributed by atoms with Gasteiger partial charge in [-0.05, 0) is 43.5 Å². The first kappa shape index (κ1) is 19.7. The average Bonchev–Trinajstić information content (AvgIpc) is 3.00. The topological polar surface area (TPSA) is 86.8 Å². The molecular formula is C19H27N3O4S. The zero-order valence-electron chi connectivity index (χ0n) is 15.8. The lowest BCUT2D eigenvalue weighted by Crippen LogP contribution is -2.50. The number of nitrogens with zero attached hydrogens (tertiary/aromatic N) is 2. The van der Waals surface area contributed by atoms with Crippen LogP contribution in [0.4, 0.5) is 5.69 Å². The Hall–Kier alpha value is -2.09. The fourth-order valence-corrected chi connectivity index (χ4v) is 5.09. The molecule has 27 heavy (non-hydrogen) atoms. The van der Waals surface area contributed by atoms with Crippen LogP contribution in [-0.2, 0) is 14.8 Å². The minimum absolute atomic E-state index is 0.00507. The van der Waals surface area contributed by atoms with E-state index in [1.807, 2.05) is 13.8 Å². The lowest BCUT2D eigenvalue weighted by molar-refractivity contribution is -0.125. The minimum atomic E-state index is -3.22. The highest BCUT2D eigenvalue weighted by Crippen LogP contribution is 2.25. The molecule has 0 aliphatic carbocycles. The predicted molar refractivity (Wildman–Crippen MR) is 104 cm³/mol. The maximum atomic E-state index is 12.8. The van der Waals surface area contributed by atoms with Gasteiger partial charge in [0.05, 0.1) is 11.4 Å². The van der Waals surface area contributed by atoms with Gasteiger partial charge in [-0.25, -0.2) is 8.42 Å². The molecule has 1 N–H and O–H groups in total. The van der Waals surface area contributed by atoms with Crippen LogP contribution in [-0.4, -0.2) is 56.6 Å². The first-order valence-electron chi connectivity index (χ1n) is 9.48. The normalized spacial score (nSPS) is 22.1. The highest BCUT2D eigenvalue weighted by Gasteiger charge is 2.29. The van der Waals surface area contributed by atoms with Crippen molar-refractivity contribution in [1.82, 2.24) is 10.2 Å². The smallest absolute Gasteiger partial charge is 0.253 e. The minimum Gasteiger partial charge on any atom is -0.351 e. The quantitative estimate of drug-likeness (QED) is 0.842. The molecule has 1 atom stereocenters. The predicted octanol–water partition coefficient (Wildman–Crippen LogP) is 1.60. The molecule has 0 radical (unpaired) electrons. The monoisotopic (exact) mass is 393 g/mol. The SMILES string of the molecule is CC(C)C(=O)NC1CCCN(C(=O)c2ccc(N3CCCS3(=O)=O)cc2)C1. The van der Waals surface area contributed by atoms with Gasteiger partial charge in [0.1, 0.15) is 0 Å². The first-order valence-corrected chi connectivity index (χ1v) is 11.1. The molecule has 1 aromatic carbocycles. The van der Waals surface area contributed by atoms with E-state index >= 15 is 0 Å². The summed E-state index contributed by atoms with van der Waals surface area (Å²) >= 11 is 0. The van der Waals surface area contributed by atoms with Gasteiger partial charge in [-0.1, -0.05) is 13.8 Å². The summed E-state index contributed by atoms with van der Waals surface area (Å²) in [4.78, 5) is 26.5. The molecule has 7 nitrogen and oxygen atoms in total. The van der Waals surface area contributed by atoms with E-state index in [0.29, 0.717) is 37.3 Å². The van der Waals surface area contributed by atoms with Gasteiger partial charge in [0.15, 0.2) is 0 Å². The number of piperidine rings is 1. The van der Waals surface area contributed by atoms with E-state index < -0.39 is 10.0 Å². The van der Waals surface area contributed by atoms with Crippen LogP contribution in [0.25, 0.3) is 0 Å². The maximum Gasteiger partial charge on any atom is 0.253 e. The summed E-state index contributed by atoms with van der Waals surface area (Å²) in [6.07, 6.45) is 2.34. The van der Waals surface area contributed by atoms with Gasteiger partial charge >= 0.3 is 0 Å². The summed E-state index contributed by atoms with van der Waals surface area (Å²) in [6, 6.07) is 6.73. The van der Waals surface area contributed by atoms with Crippen molar-refractivity contribution < 1.29 is 18.0 Å². The summed E-state index contributed by atoms with van der Waals surface area (Å²) in [7, 11) is -3.22.